The number of hydrogen-bond acceptors (Lipinski definition) is 1. The fraction of sp³-hybridized carbons (Fsp3) is 0.333. The first-order chi connectivity index (χ1) is 2.41. The molecular weight excluding hydrogens is 83.0 g/mol. The maximum absolute atomic E-state index is 4.41. The SMILES string of the molecule is COC=C=P. The molecule has 0 aliphatic carbocycles. The Balaban J connectivity index is 2.93. The molecule has 0 radical (unpaired) electrons. The Hall–Kier alpha value is -0.250. The summed E-state index contributed by atoms with van der Waals surface area (Å²) < 4.78 is 4.41. The molecule has 0 aromatic heterocycles. The van der Waals surface area contributed by atoms with Crippen molar-refractivity contribution in [2.75, 3.05) is 7.11 Å². The molecule has 0 saturated heterocycles. The van der Waals surface area contributed by atoms with E-state index in [2.05, 4.69) is 19.1 Å². The van der Waals surface area contributed by atoms with Crippen LogP contribution in [0.4, 0.5) is 0 Å². The zero-order chi connectivity index (χ0) is 4.12. The Morgan fingerprint density at radius 3 is 2.60 bits per heavy atom. The molecule has 1 nitrogen and oxygen atoms in total. The van der Waals surface area contributed by atoms with Crippen LogP contribution in [0.1, 0.15) is 0 Å². The molecule has 0 fully saturated rings. The lowest BCUT2D eigenvalue weighted by molar-refractivity contribution is 0.344. The van der Waals surface area contributed by atoms with Crippen molar-refractivity contribution < 1.29 is 4.74 Å². The van der Waals surface area contributed by atoms with Gasteiger partial charge in [0.2, 0.25) is 0 Å². The maximum atomic E-state index is 4.41. The first-order valence-corrected chi connectivity index (χ1v) is 1.68. The van der Waals surface area contributed by atoms with Crippen LogP contribution in [0, 0.1) is 0 Å². The Morgan fingerprint density at radius 1 is 2.00 bits per heavy atom. The fourth-order valence-electron chi connectivity index (χ4n) is 0.0589. The van der Waals surface area contributed by atoms with Crippen LogP contribution in [0.5, 0.6) is 0 Å². The minimum absolute atomic E-state index is 1.41. The summed E-state index contributed by atoms with van der Waals surface area (Å²) in [7, 11) is 4.48. The van der Waals surface area contributed by atoms with E-state index in [1.54, 1.807) is 7.11 Å². The van der Waals surface area contributed by atoms with Gasteiger partial charge >= 0.3 is 0 Å². The van der Waals surface area contributed by atoms with Crippen molar-refractivity contribution in [1.29, 1.82) is 0 Å². The van der Waals surface area contributed by atoms with Crippen LogP contribution in [0.2, 0.25) is 0 Å². The van der Waals surface area contributed by atoms with Crippen molar-refractivity contribution in [3.8, 4) is 0 Å². The van der Waals surface area contributed by atoms with E-state index in [9.17, 15) is 0 Å². The summed E-state index contributed by atoms with van der Waals surface area (Å²) >= 11 is 0. The van der Waals surface area contributed by atoms with E-state index in [0.717, 1.165) is 0 Å². The Morgan fingerprint density at radius 2 is 2.60 bits per heavy atom. The lowest BCUT2D eigenvalue weighted by atomic mass is 11.1. The molecule has 0 bridgehead atoms. The standard InChI is InChI=1S/C3H5OP/c1-4-2-3-5/h2,5H,1H3. The van der Waals surface area contributed by atoms with Crippen molar-refractivity contribution in [3.63, 3.8) is 0 Å². The van der Waals surface area contributed by atoms with Crippen LogP contribution in [0.25, 0.3) is 0 Å². The van der Waals surface area contributed by atoms with Crippen molar-refractivity contribution >= 4 is 14.3 Å². The number of ether oxygens (including phenoxy) is 1. The van der Waals surface area contributed by atoms with Gasteiger partial charge in [-0.25, -0.2) is 0 Å². The predicted octanol–water partition coefficient (Wildman–Crippen LogP) is 0.690. The van der Waals surface area contributed by atoms with E-state index >= 15 is 0 Å². The number of methoxy groups -OCH3 is 1. The van der Waals surface area contributed by atoms with Crippen molar-refractivity contribution in [3.05, 3.63) is 6.26 Å². The smallest absolute Gasteiger partial charge is 0.129 e. The zero-order valence-electron chi connectivity index (χ0n) is 2.99. The second-order valence-electron chi connectivity index (χ2n) is 0.498. The molecule has 5 heavy (non-hydrogen) atoms. The Labute approximate surface area is 33.5 Å². The minimum Gasteiger partial charge on any atom is -0.496 e. The summed E-state index contributed by atoms with van der Waals surface area (Å²) in [6.45, 7) is 0. The molecule has 0 heterocycles. The van der Waals surface area contributed by atoms with E-state index in [1.165, 1.54) is 6.26 Å². The van der Waals surface area contributed by atoms with Gasteiger partial charge in [0.05, 0.1) is 7.11 Å². The summed E-state index contributed by atoms with van der Waals surface area (Å²) in [5, 5.41) is 0. The van der Waals surface area contributed by atoms with Gasteiger partial charge < -0.3 is 4.74 Å². The van der Waals surface area contributed by atoms with Crippen LogP contribution in [0.15, 0.2) is 6.26 Å². The zero-order valence-corrected chi connectivity index (χ0v) is 3.99. The van der Waals surface area contributed by atoms with Gasteiger partial charge in [-0.3, -0.25) is 0 Å². The first kappa shape index (κ1) is 4.75. The van der Waals surface area contributed by atoms with Gasteiger partial charge in [-0.15, -0.1) is 0 Å². The Bertz CT molecular complexity index is 53.9. The summed E-state index contributed by atoms with van der Waals surface area (Å²) in [4.78, 5) is 0. The molecular formula is C3H5OP. The van der Waals surface area contributed by atoms with E-state index in [0.29, 0.717) is 0 Å². The molecule has 0 atom stereocenters. The van der Waals surface area contributed by atoms with Gasteiger partial charge in [-0.1, -0.05) is 14.3 Å². The molecule has 0 spiro atoms. The summed E-state index contributed by atoms with van der Waals surface area (Å²) in [6, 6.07) is 0. The van der Waals surface area contributed by atoms with Gasteiger partial charge in [-0.2, -0.15) is 0 Å². The van der Waals surface area contributed by atoms with E-state index < -0.39 is 0 Å². The highest BCUT2D eigenvalue weighted by Gasteiger charge is 1.42. The van der Waals surface area contributed by atoms with Crippen LogP contribution >= 0.6 is 8.86 Å². The normalized spacial score (nSPS) is 5.00. The molecule has 28 valence electrons. The van der Waals surface area contributed by atoms with Gasteiger partial charge in [0.25, 0.3) is 0 Å². The number of rotatable bonds is 1. The molecule has 0 N–H and O–H groups in total. The maximum Gasteiger partial charge on any atom is 0.129 e. The van der Waals surface area contributed by atoms with E-state index in [-0.39, 0.29) is 0 Å². The monoisotopic (exact) mass is 88.0 g/mol. The third-order valence-electron chi connectivity index (χ3n) is 0.177. The summed E-state index contributed by atoms with van der Waals surface area (Å²) in [5.41, 5.74) is 2.48. The molecule has 0 aromatic rings. The third-order valence-corrected chi connectivity index (χ3v) is 0.295. The Kier molecular flexibility index (Phi) is 3.56. The quantitative estimate of drug-likeness (QED) is 0.338. The topological polar surface area (TPSA) is 9.23 Å². The van der Waals surface area contributed by atoms with Crippen LogP contribution in [-0.4, -0.2) is 12.6 Å². The van der Waals surface area contributed by atoms with Gasteiger partial charge in [0, 0.05) is 0 Å². The lowest BCUT2D eigenvalue weighted by Gasteiger charge is -1.72. The van der Waals surface area contributed by atoms with E-state index in [4.69, 9.17) is 0 Å². The highest BCUT2D eigenvalue weighted by atomic mass is 31.0. The number of hydrogen-bond donors (Lipinski definition) is 0. The molecule has 0 aliphatic rings. The average molecular weight is 88.0 g/mol. The molecule has 0 rings (SSSR count). The second kappa shape index (κ2) is 3.75. The van der Waals surface area contributed by atoms with Gasteiger partial charge in [-0.05, 0) is 0 Å². The highest BCUT2D eigenvalue weighted by molar-refractivity contribution is 7.17. The van der Waals surface area contributed by atoms with Crippen molar-refractivity contribution in [2.24, 2.45) is 0 Å². The van der Waals surface area contributed by atoms with Crippen molar-refractivity contribution in [2.45, 2.75) is 0 Å². The third kappa shape index (κ3) is 3.75. The molecule has 0 amide bonds. The largest absolute Gasteiger partial charge is 0.496 e. The van der Waals surface area contributed by atoms with Gasteiger partial charge in [0.15, 0.2) is 0 Å². The first-order valence-electron chi connectivity index (χ1n) is 1.18. The molecule has 0 aliphatic heterocycles. The fourth-order valence-corrected chi connectivity index (χ4v) is 0.177. The molecule has 2 heteroatoms. The van der Waals surface area contributed by atoms with Crippen LogP contribution in [-0.2, 0) is 4.74 Å². The van der Waals surface area contributed by atoms with E-state index in [1.807, 2.05) is 0 Å². The lowest BCUT2D eigenvalue weighted by Crippen LogP contribution is -1.58. The molecule has 0 unspecified atom stereocenters. The van der Waals surface area contributed by atoms with Gasteiger partial charge in [0.1, 0.15) is 6.26 Å². The highest BCUT2D eigenvalue weighted by Crippen LogP contribution is 1.56. The van der Waals surface area contributed by atoms with Crippen molar-refractivity contribution in [1.82, 2.24) is 0 Å². The van der Waals surface area contributed by atoms with Crippen LogP contribution in [0.3, 0.4) is 0 Å². The average Bonchev–Trinajstić information content (AvgIpc) is 1.41. The summed E-state index contributed by atoms with van der Waals surface area (Å²) in [6.07, 6.45) is 1.41. The summed E-state index contributed by atoms with van der Waals surface area (Å²) in [5.74, 6) is 0. The molecule has 0 saturated carbocycles. The minimum atomic E-state index is 1.41. The second-order valence-corrected chi connectivity index (χ2v) is 0.787. The molecule has 0 aromatic carbocycles. The van der Waals surface area contributed by atoms with Crippen LogP contribution < -0.4 is 0 Å². The predicted molar refractivity (Wildman–Crippen MR) is 24.9 cm³/mol.